The first kappa shape index (κ1) is 14.7. The molecule has 2 saturated heterocycles. The molecule has 7 heteroatoms. The molecule has 0 saturated carbocycles. The van der Waals surface area contributed by atoms with Crippen LogP contribution < -0.4 is 10.0 Å². The van der Waals surface area contributed by atoms with Gasteiger partial charge >= 0.3 is 0 Å². The summed E-state index contributed by atoms with van der Waals surface area (Å²) in [5, 5.41) is 3.12. The van der Waals surface area contributed by atoms with E-state index in [4.69, 9.17) is 4.74 Å². The Morgan fingerprint density at radius 2 is 2.24 bits per heavy atom. The molecule has 2 N–H and O–H groups in total. The molecular weight excluding hydrogens is 290 g/mol. The van der Waals surface area contributed by atoms with Crippen LogP contribution >= 0.6 is 0 Å². The highest BCUT2D eigenvalue weighted by Crippen LogP contribution is 2.34. The molecule has 1 aromatic heterocycles. The third-order valence-electron chi connectivity index (χ3n) is 4.02. The molecule has 2 aliphatic rings. The number of aromatic nitrogens is 1. The van der Waals surface area contributed by atoms with Crippen LogP contribution in [0, 0.1) is 0 Å². The molecule has 0 aliphatic carbocycles. The second kappa shape index (κ2) is 5.90. The molecule has 3 atom stereocenters. The van der Waals surface area contributed by atoms with E-state index in [1.165, 1.54) is 6.20 Å². The third-order valence-corrected chi connectivity index (χ3v) is 5.49. The Labute approximate surface area is 125 Å². The van der Waals surface area contributed by atoms with Crippen LogP contribution in [0.5, 0.6) is 0 Å². The lowest BCUT2D eigenvalue weighted by molar-refractivity contribution is 0.0996. The SMILES string of the molecule is CCCNc1ccc(S(=O)(=O)NC2CC3CCC2O3)cn1. The van der Waals surface area contributed by atoms with Crippen molar-refractivity contribution in [3.05, 3.63) is 18.3 Å². The Kier molecular flexibility index (Phi) is 4.14. The number of pyridine rings is 1. The lowest BCUT2D eigenvalue weighted by atomic mass is 9.96. The van der Waals surface area contributed by atoms with Crippen molar-refractivity contribution in [1.82, 2.24) is 9.71 Å². The molecule has 116 valence electrons. The monoisotopic (exact) mass is 311 g/mol. The molecule has 0 spiro atoms. The zero-order valence-corrected chi connectivity index (χ0v) is 12.9. The van der Waals surface area contributed by atoms with Crippen LogP contribution in [0.4, 0.5) is 5.82 Å². The number of sulfonamides is 1. The minimum Gasteiger partial charge on any atom is -0.373 e. The van der Waals surface area contributed by atoms with Crippen molar-refractivity contribution in [1.29, 1.82) is 0 Å². The summed E-state index contributed by atoms with van der Waals surface area (Å²) in [6.45, 7) is 2.88. The van der Waals surface area contributed by atoms with Crippen molar-refractivity contribution < 1.29 is 13.2 Å². The van der Waals surface area contributed by atoms with Crippen LogP contribution in [0.25, 0.3) is 0 Å². The van der Waals surface area contributed by atoms with Crippen LogP contribution in [0.2, 0.25) is 0 Å². The average molecular weight is 311 g/mol. The van der Waals surface area contributed by atoms with E-state index in [1.54, 1.807) is 12.1 Å². The molecule has 0 amide bonds. The summed E-state index contributed by atoms with van der Waals surface area (Å²) in [5.41, 5.74) is 0. The maximum Gasteiger partial charge on any atom is 0.242 e. The molecule has 21 heavy (non-hydrogen) atoms. The van der Waals surface area contributed by atoms with E-state index < -0.39 is 10.0 Å². The molecule has 6 nitrogen and oxygen atoms in total. The molecule has 0 aromatic carbocycles. The second-order valence-electron chi connectivity index (χ2n) is 5.64. The van der Waals surface area contributed by atoms with Gasteiger partial charge in [-0.15, -0.1) is 0 Å². The van der Waals surface area contributed by atoms with Gasteiger partial charge in [0.1, 0.15) is 10.7 Å². The molecular formula is C14H21N3O3S. The maximum atomic E-state index is 12.4. The van der Waals surface area contributed by atoms with Gasteiger partial charge in [-0.2, -0.15) is 0 Å². The number of nitrogens with one attached hydrogen (secondary N) is 2. The highest BCUT2D eigenvalue weighted by Gasteiger charge is 2.42. The smallest absolute Gasteiger partial charge is 0.242 e. The summed E-state index contributed by atoms with van der Waals surface area (Å²) in [5.74, 6) is 0.694. The van der Waals surface area contributed by atoms with Crippen molar-refractivity contribution >= 4 is 15.8 Å². The Morgan fingerprint density at radius 3 is 2.81 bits per heavy atom. The third kappa shape index (κ3) is 3.20. The second-order valence-corrected chi connectivity index (χ2v) is 7.36. The molecule has 2 fully saturated rings. The van der Waals surface area contributed by atoms with Gasteiger partial charge in [-0.25, -0.2) is 18.1 Å². The first-order valence-corrected chi connectivity index (χ1v) is 8.94. The van der Waals surface area contributed by atoms with Gasteiger partial charge < -0.3 is 10.1 Å². The minimum absolute atomic E-state index is 0.0308. The number of fused-ring (bicyclic) bond motifs is 2. The summed E-state index contributed by atoms with van der Waals surface area (Å²) in [4.78, 5) is 4.34. The van der Waals surface area contributed by atoms with Crippen LogP contribution in [0.15, 0.2) is 23.2 Å². The van der Waals surface area contributed by atoms with Crippen LogP contribution in [0.3, 0.4) is 0 Å². The van der Waals surface area contributed by atoms with Gasteiger partial charge in [0, 0.05) is 12.7 Å². The van der Waals surface area contributed by atoms with E-state index in [2.05, 4.69) is 21.9 Å². The first-order valence-electron chi connectivity index (χ1n) is 7.46. The lowest BCUT2D eigenvalue weighted by Crippen LogP contribution is -2.41. The number of ether oxygens (including phenoxy) is 1. The normalized spacial score (nSPS) is 28.0. The first-order chi connectivity index (χ1) is 10.1. The van der Waals surface area contributed by atoms with Gasteiger partial charge in [-0.1, -0.05) is 6.92 Å². The predicted octanol–water partition coefficient (Wildman–Crippen LogP) is 1.50. The van der Waals surface area contributed by atoms with Crippen molar-refractivity contribution in [2.75, 3.05) is 11.9 Å². The van der Waals surface area contributed by atoms with E-state index in [0.717, 1.165) is 32.2 Å². The largest absolute Gasteiger partial charge is 0.373 e. The van der Waals surface area contributed by atoms with Gasteiger partial charge in [0.25, 0.3) is 0 Å². The standard InChI is InChI=1S/C14H21N3O3S/c1-2-7-15-14-6-4-11(9-16-14)21(18,19)17-12-8-10-3-5-13(12)20-10/h4,6,9-10,12-13,17H,2-3,5,7-8H2,1H3,(H,15,16). The van der Waals surface area contributed by atoms with Crippen molar-refractivity contribution in [3.8, 4) is 0 Å². The molecule has 2 aliphatic heterocycles. The summed E-state index contributed by atoms with van der Waals surface area (Å²) >= 11 is 0. The van der Waals surface area contributed by atoms with Crippen molar-refractivity contribution in [2.24, 2.45) is 0 Å². The fourth-order valence-corrected chi connectivity index (χ4v) is 4.15. The highest BCUT2D eigenvalue weighted by molar-refractivity contribution is 7.89. The quantitative estimate of drug-likeness (QED) is 0.832. The number of rotatable bonds is 6. The van der Waals surface area contributed by atoms with Gasteiger partial charge in [0.15, 0.2) is 0 Å². The summed E-state index contributed by atoms with van der Waals surface area (Å²) in [6, 6.07) is 3.18. The highest BCUT2D eigenvalue weighted by atomic mass is 32.2. The molecule has 1 aromatic rings. The van der Waals surface area contributed by atoms with E-state index in [0.29, 0.717) is 5.82 Å². The zero-order chi connectivity index (χ0) is 14.9. The molecule has 2 bridgehead atoms. The minimum atomic E-state index is -3.52. The fourth-order valence-electron chi connectivity index (χ4n) is 2.93. The average Bonchev–Trinajstić information content (AvgIpc) is 3.07. The molecule has 0 radical (unpaired) electrons. The van der Waals surface area contributed by atoms with E-state index in [-0.39, 0.29) is 23.1 Å². The van der Waals surface area contributed by atoms with Crippen molar-refractivity contribution in [3.63, 3.8) is 0 Å². The van der Waals surface area contributed by atoms with Gasteiger partial charge in [-0.05, 0) is 37.8 Å². The van der Waals surface area contributed by atoms with Gasteiger partial charge in [-0.3, -0.25) is 0 Å². The summed E-state index contributed by atoms with van der Waals surface area (Å²) in [6.07, 6.45) is 5.40. The Bertz CT molecular complexity index is 588. The van der Waals surface area contributed by atoms with Gasteiger partial charge in [0.05, 0.1) is 18.2 Å². The topological polar surface area (TPSA) is 80.3 Å². The van der Waals surface area contributed by atoms with Crippen LogP contribution in [-0.2, 0) is 14.8 Å². The fraction of sp³-hybridized carbons (Fsp3) is 0.643. The molecule has 3 unspecified atom stereocenters. The summed E-state index contributed by atoms with van der Waals surface area (Å²) in [7, 11) is -3.52. The number of hydrogen-bond donors (Lipinski definition) is 2. The van der Waals surface area contributed by atoms with E-state index in [9.17, 15) is 8.42 Å². The van der Waals surface area contributed by atoms with Gasteiger partial charge in [0.2, 0.25) is 10.0 Å². The summed E-state index contributed by atoms with van der Waals surface area (Å²) < 4.78 is 33.2. The maximum absolute atomic E-state index is 12.4. The predicted molar refractivity (Wildman–Crippen MR) is 79.6 cm³/mol. The number of anilines is 1. The number of nitrogens with zero attached hydrogens (tertiary/aromatic N) is 1. The van der Waals surface area contributed by atoms with Crippen LogP contribution in [-0.4, -0.2) is 38.2 Å². The Balaban J connectivity index is 1.67. The zero-order valence-electron chi connectivity index (χ0n) is 12.1. The van der Waals surface area contributed by atoms with E-state index in [1.807, 2.05) is 0 Å². The number of hydrogen-bond acceptors (Lipinski definition) is 5. The van der Waals surface area contributed by atoms with Crippen molar-refractivity contribution in [2.45, 2.75) is 55.8 Å². The lowest BCUT2D eigenvalue weighted by Gasteiger charge is -2.19. The molecule has 3 rings (SSSR count). The Hall–Kier alpha value is -1.18. The molecule has 3 heterocycles. The van der Waals surface area contributed by atoms with Crippen LogP contribution in [0.1, 0.15) is 32.6 Å². The van der Waals surface area contributed by atoms with E-state index >= 15 is 0 Å². The Morgan fingerprint density at radius 1 is 1.38 bits per heavy atom.